The van der Waals surface area contributed by atoms with Crippen LogP contribution in [0.3, 0.4) is 0 Å². The lowest BCUT2D eigenvalue weighted by Gasteiger charge is -2.40. The highest BCUT2D eigenvalue weighted by Crippen LogP contribution is 2.42. The second-order valence-electron chi connectivity index (χ2n) is 7.41. The molecule has 0 radical (unpaired) electrons. The summed E-state index contributed by atoms with van der Waals surface area (Å²) in [5, 5.41) is 0.682. The molecule has 0 amide bonds. The summed E-state index contributed by atoms with van der Waals surface area (Å²) in [5.74, 6) is 0.0312. The molecule has 5 nitrogen and oxygen atoms in total. The van der Waals surface area contributed by atoms with E-state index >= 15 is 0 Å². The molecule has 0 aromatic carbocycles. The third-order valence-corrected chi connectivity index (χ3v) is 9.88. The van der Waals surface area contributed by atoms with Crippen molar-refractivity contribution in [2.45, 2.75) is 62.3 Å². The third kappa shape index (κ3) is 5.29. The van der Waals surface area contributed by atoms with Crippen molar-refractivity contribution in [1.29, 1.82) is 0 Å². The minimum atomic E-state index is -2.07. The topological polar surface area (TPSA) is 60.8 Å². The van der Waals surface area contributed by atoms with Gasteiger partial charge in [-0.25, -0.2) is 24.3 Å². The molecule has 8 heteroatoms. The maximum Gasteiger partial charge on any atom is 0.193 e. The summed E-state index contributed by atoms with van der Waals surface area (Å²) in [6.45, 7) is 12.9. The first-order valence-corrected chi connectivity index (χ1v) is 12.0. The number of aromatic nitrogens is 4. The van der Waals surface area contributed by atoms with E-state index in [0.29, 0.717) is 11.0 Å². The monoisotopic (exact) mass is 380 g/mol. The second-order valence-corrected chi connectivity index (χ2v) is 13.5. The minimum absolute atomic E-state index is 0.0259. The van der Waals surface area contributed by atoms with Gasteiger partial charge in [0.2, 0.25) is 0 Å². The van der Waals surface area contributed by atoms with E-state index in [1.807, 2.05) is 6.92 Å². The van der Waals surface area contributed by atoms with Crippen molar-refractivity contribution in [3.8, 4) is 0 Å². The van der Waals surface area contributed by atoms with Crippen LogP contribution in [0.25, 0.3) is 0 Å². The summed E-state index contributed by atoms with van der Waals surface area (Å²) in [4.78, 5) is 16.9. The lowest BCUT2D eigenvalue weighted by atomic mass is 10.2. The molecule has 0 saturated carbocycles. The van der Waals surface area contributed by atoms with Crippen LogP contribution in [0.15, 0.2) is 36.0 Å². The number of thioether (sulfide) groups is 1. The molecule has 0 spiro atoms. The zero-order valence-electron chi connectivity index (χ0n) is 15.5. The fourth-order valence-electron chi connectivity index (χ4n) is 1.90. The molecule has 25 heavy (non-hydrogen) atoms. The van der Waals surface area contributed by atoms with E-state index < -0.39 is 14.1 Å². The number of rotatable bonds is 6. The van der Waals surface area contributed by atoms with E-state index in [0.717, 1.165) is 0 Å². The van der Waals surface area contributed by atoms with Gasteiger partial charge in [0, 0.05) is 17.6 Å². The van der Waals surface area contributed by atoms with Gasteiger partial charge in [-0.05, 0) is 31.1 Å². The summed E-state index contributed by atoms with van der Waals surface area (Å²) in [6, 6.07) is 1.78. The molecular weight excluding hydrogens is 355 g/mol. The van der Waals surface area contributed by atoms with Gasteiger partial charge >= 0.3 is 0 Å². The predicted octanol–water partition coefficient (Wildman–Crippen LogP) is 4.65. The van der Waals surface area contributed by atoms with Crippen LogP contribution in [-0.2, 0) is 4.43 Å². The molecule has 2 rings (SSSR count). The Morgan fingerprint density at radius 1 is 1.08 bits per heavy atom. The number of halogens is 1. The average molecular weight is 381 g/mol. The standard InChI is InChI=1S/C17H25FN4OSSi/c1-12(24-16-19-8-7-9-20-16)14(15-21-10-13(18)11-22-15)23-25(5,6)17(2,3)4/h7-12,14H,1-6H3/t12-,14?/m1/s1. The van der Waals surface area contributed by atoms with Crippen molar-refractivity contribution < 1.29 is 8.82 Å². The fourth-order valence-corrected chi connectivity index (χ4v) is 4.17. The molecule has 136 valence electrons. The number of hydrogen-bond acceptors (Lipinski definition) is 6. The van der Waals surface area contributed by atoms with E-state index in [1.165, 1.54) is 24.2 Å². The number of hydrogen-bond donors (Lipinski definition) is 0. The Labute approximate surface area is 154 Å². The van der Waals surface area contributed by atoms with Gasteiger partial charge in [-0.15, -0.1) is 0 Å². The Kier molecular flexibility index (Phi) is 6.29. The summed E-state index contributed by atoms with van der Waals surface area (Å²) in [7, 11) is -2.07. The van der Waals surface area contributed by atoms with Crippen LogP contribution in [0.1, 0.15) is 39.6 Å². The first kappa shape index (κ1) is 19.9. The highest BCUT2D eigenvalue weighted by atomic mass is 32.2. The zero-order valence-corrected chi connectivity index (χ0v) is 17.3. The van der Waals surface area contributed by atoms with Crippen LogP contribution < -0.4 is 0 Å². The van der Waals surface area contributed by atoms with Crippen molar-refractivity contribution >= 4 is 20.1 Å². The van der Waals surface area contributed by atoms with Gasteiger partial charge in [-0.3, -0.25) is 0 Å². The van der Waals surface area contributed by atoms with Crippen molar-refractivity contribution in [2.75, 3.05) is 0 Å². The van der Waals surface area contributed by atoms with E-state index in [-0.39, 0.29) is 16.4 Å². The van der Waals surface area contributed by atoms with Crippen LogP contribution >= 0.6 is 11.8 Å². The minimum Gasteiger partial charge on any atom is -0.406 e. The summed E-state index contributed by atoms with van der Waals surface area (Å²) in [5.41, 5.74) is 0. The van der Waals surface area contributed by atoms with Crippen LogP contribution in [-0.4, -0.2) is 33.5 Å². The van der Waals surface area contributed by atoms with Gasteiger partial charge in [0.25, 0.3) is 0 Å². The zero-order chi connectivity index (χ0) is 18.7. The average Bonchev–Trinajstić information content (AvgIpc) is 2.53. The summed E-state index contributed by atoms with van der Waals surface area (Å²) in [6.07, 6.45) is 5.41. The van der Waals surface area contributed by atoms with Gasteiger partial charge < -0.3 is 4.43 Å². The van der Waals surface area contributed by atoms with Crippen molar-refractivity contribution in [3.05, 3.63) is 42.5 Å². The van der Waals surface area contributed by atoms with Gasteiger partial charge in [-0.1, -0.05) is 32.5 Å². The highest BCUT2D eigenvalue weighted by molar-refractivity contribution is 7.99. The van der Waals surface area contributed by atoms with Crippen LogP contribution in [0, 0.1) is 5.82 Å². The van der Waals surface area contributed by atoms with Gasteiger partial charge in [-0.2, -0.15) is 0 Å². The van der Waals surface area contributed by atoms with Crippen LogP contribution in [0.4, 0.5) is 4.39 Å². The van der Waals surface area contributed by atoms with Crippen molar-refractivity contribution in [3.63, 3.8) is 0 Å². The normalized spacial score (nSPS) is 15.0. The van der Waals surface area contributed by atoms with Gasteiger partial charge in [0.15, 0.2) is 25.1 Å². The van der Waals surface area contributed by atoms with Crippen LogP contribution in [0.5, 0.6) is 0 Å². The maximum atomic E-state index is 13.2. The van der Waals surface area contributed by atoms with Crippen molar-refractivity contribution in [2.24, 2.45) is 0 Å². The Morgan fingerprint density at radius 2 is 1.64 bits per heavy atom. The molecule has 2 aromatic heterocycles. The van der Waals surface area contributed by atoms with Crippen LogP contribution in [0.2, 0.25) is 18.1 Å². The Bertz CT molecular complexity index is 679. The molecule has 0 bridgehead atoms. The molecule has 2 heterocycles. The lowest BCUT2D eigenvalue weighted by molar-refractivity contribution is 0.175. The second kappa shape index (κ2) is 7.88. The Hall–Kier alpha value is -1.38. The van der Waals surface area contributed by atoms with E-state index in [4.69, 9.17) is 4.43 Å². The molecule has 2 aromatic rings. The molecule has 0 saturated heterocycles. The number of nitrogens with zero attached hydrogens (tertiary/aromatic N) is 4. The van der Waals surface area contributed by atoms with Gasteiger partial charge in [0.1, 0.15) is 6.10 Å². The third-order valence-electron chi connectivity index (χ3n) is 4.38. The Morgan fingerprint density at radius 3 is 2.16 bits per heavy atom. The van der Waals surface area contributed by atoms with E-state index in [1.54, 1.807) is 18.5 Å². The molecule has 0 N–H and O–H groups in total. The molecule has 0 aliphatic carbocycles. The predicted molar refractivity (Wildman–Crippen MR) is 100 cm³/mol. The molecule has 1 unspecified atom stereocenters. The summed E-state index contributed by atoms with van der Waals surface area (Å²) >= 11 is 1.50. The molecule has 0 aliphatic heterocycles. The fraction of sp³-hybridized carbons (Fsp3) is 0.529. The largest absolute Gasteiger partial charge is 0.406 e. The Balaban J connectivity index is 2.30. The lowest BCUT2D eigenvalue weighted by Crippen LogP contribution is -2.43. The molecule has 0 aliphatic rings. The van der Waals surface area contributed by atoms with E-state index in [9.17, 15) is 4.39 Å². The maximum absolute atomic E-state index is 13.2. The van der Waals surface area contributed by atoms with Crippen molar-refractivity contribution in [1.82, 2.24) is 19.9 Å². The quantitative estimate of drug-likeness (QED) is 0.413. The summed E-state index contributed by atoms with van der Waals surface area (Å²) < 4.78 is 19.8. The molecular formula is C17H25FN4OSSi. The smallest absolute Gasteiger partial charge is 0.193 e. The van der Waals surface area contributed by atoms with E-state index in [2.05, 4.69) is 53.8 Å². The highest BCUT2D eigenvalue weighted by Gasteiger charge is 2.41. The van der Waals surface area contributed by atoms with Gasteiger partial charge in [0.05, 0.1) is 12.4 Å². The first-order valence-electron chi connectivity index (χ1n) is 8.19. The first-order chi connectivity index (χ1) is 11.6. The molecule has 2 atom stereocenters. The molecule has 0 fully saturated rings. The SMILES string of the molecule is C[C@@H](Sc1ncccn1)C(O[Si](C)(C)C(C)(C)C)c1ncc(F)cn1.